The standard InChI is InChI=1S/C18H16F3N5O2.C16H17N5O.C10H12N4O.C10H11N3O2.C6H8N2.C2F6O/c1-3-26-14(27)9-8-13-10(2)22-17(25-15(13)26)24-12-6-4-11(5-7-12)23-16(28)18(19,20)21;1-3-21-14(22)9-8-13-10(2)18-16(20-15(13)21)19-12-6-4-11(17)5-7-12;1-3-14-8(15)5-4-7-6(2)12-10(11)13-9(7)14;1-3-13-8(14)5-4-7-6(2)11-10(15)12-9(7)13;7-5-1-2-6(8)4-3-5;3-1(4,5)9-2(6,7)8/h4-9H,3H2,1-2H3,(H,23,28)(H,22,24,25);4-9H,3,17H2,1-2H3,(H,18,19,20);4-5H,3H2,1-2H3,(H2,11,12,13);4-5H,3H2,1-2H3,(H,11,12,15);1-4H,7-8H2;. The predicted molar refractivity (Wildman–Crippen MR) is 351 cm³/mol. The Kier molecular flexibility index (Phi) is 24.4. The van der Waals surface area contributed by atoms with Gasteiger partial charge in [0.05, 0.1) is 17.1 Å². The maximum atomic E-state index is 12.3. The van der Waals surface area contributed by atoms with Gasteiger partial charge in [-0.2, -0.15) is 37.8 Å². The van der Waals surface area contributed by atoms with Gasteiger partial charge in [0.2, 0.25) is 17.8 Å². The van der Waals surface area contributed by atoms with E-state index in [4.69, 9.17) is 22.9 Å². The summed E-state index contributed by atoms with van der Waals surface area (Å²) >= 11 is 0. The van der Waals surface area contributed by atoms with E-state index in [1.165, 1.54) is 51.6 Å². The van der Waals surface area contributed by atoms with Crippen molar-refractivity contribution >= 4 is 102 Å². The number of aryl methyl sites for hydroxylation is 8. The smallest absolute Gasteiger partial charge is 0.399 e. The molecule has 0 aliphatic heterocycles. The van der Waals surface area contributed by atoms with Crippen LogP contribution in [0.1, 0.15) is 50.5 Å². The van der Waals surface area contributed by atoms with Gasteiger partial charge >= 0.3 is 30.5 Å². The quantitative estimate of drug-likeness (QED) is 0.0492. The van der Waals surface area contributed by atoms with Gasteiger partial charge in [-0.1, -0.05) is 0 Å². The number of carbonyl (C=O) groups excluding carboxylic acids is 1. The number of rotatable bonds is 9. The van der Waals surface area contributed by atoms with Gasteiger partial charge in [-0.05, 0) is 152 Å². The number of hydrogen-bond donors (Lipinski definition) is 8. The van der Waals surface area contributed by atoms with Crippen LogP contribution in [0.4, 0.5) is 91.5 Å². The van der Waals surface area contributed by atoms with Crippen molar-refractivity contribution in [2.75, 3.05) is 38.9 Å². The summed E-state index contributed by atoms with van der Waals surface area (Å²) in [5.41, 5.74) is 29.9. The third-order valence-corrected chi connectivity index (χ3v) is 13.4. The molecular formula is C62H64F9N19O7. The molecular weight excluding hydrogens is 1290 g/mol. The highest BCUT2D eigenvalue weighted by Crippen LogP contribution is 2.29. The zero-order valence-electron chi connectivity index (χ0n) is 52.9. The number of hydrogen-bond acceptors (Lipinski definition) is 20. The molecule has 26 nitrogen and oxygen atoms in total. The molecule has 8 heterocycles. The Morgan fingerprint density at radius 3 is 1.07 bits per heavy atom. The number of halogens is 9. The van der Waals surface area contributed by atoms with Crippen molar-refractivity contribution in [3.63, 3.8) is 0 Å². The topological polar surface area (TPSA) is 378 Å². The third-order valence-electron chi connectivity index (χ3n) is 13.4. The number of nitrogen functional groups attached to an aromatic ring is 4. The zero-order chi connectivity index (χ0) is 71.9. The minimum Gasteiger partial charge on any atom is -0.399 e. The second-order valence-corrected chi connectivity index (χ2v) is 20.3. The number of nitrogens with two attached hydrogens (primary N) is 4. The summed E-state index contributed by atoms with van der Waals surface area (Å²) in [4.78, 5) is 101. The van der Waals surface area contributed by atoms with Crippen molar-refractivity contribution in [3.05, 3.63) is 196 Å². The Morgan fingerprint density at radius 2 is 0.732 bits per heavy atom. The van der Waals surface area contributed by atoms with Gasteiger partial charge in [0.1, 0.15) is 22.6 Å². The van der Waals surface area contributed by atoms with Gasteiger partial charge in [-0.15, -0.1) is 26.3 Å². The van der Waals surface area contributed by atoms with Crippen LogP contribution in [0, 0.1) is 27.7 Å². The van der Waals surface area contributed by atoms with E-state index < -0.39 is 30.5 Å². The molecule has 11 aromatic rings. The number of amides is 1. The number of ether oxygens (including phenoxy) is 1. The molecule has 12 N–H and O–H groups in total. The van der Waals surface area contributed by atoms with Crippen LogP contribution >= 0.6 is 0 Å². The number of benzene rings is 3. The molecule has 0 bridgehead atoms. The van der Waals surface area contributed by atoms with Crippen LogP contribution < -0.4 is 66.8 Å². The second kappa shape index (κ2) is 31.9. The molecule has 0 aliphatic rings. The van der Waals surface area contributed by atoms with E-state index in [0.717, 1.165) is 55.7 Å². The third kappa shape index (κ3) is 20.6. The van der Waals surface area contributed by atoms with Crippen molar-refractivity contribution in [2.45, 2.75) is 100 Å². The number of nitrogens with one attached hydrogen (secondary N) is 4. The normalized spacial score (nSPS) is 11.1. The van der Waals surface area contributed by atoms with Gasteiger partial charge in [0, 0.05) is 112 Å². The Balaban J connectivity index is 0.000000193. The first-order valence-corrected chi connectivity index (χ1v) is 28.9. The highest BCUT2D eigenvalue weighted by atomic mass is 19.4. The number of carbonyl (C=O) groups is 1. The van der Waals surface area contributed by atoms with E-state index >= 15 is 0 Å². The molecule has 0 aliphatic carbocycles. The highest BCUT2D eigenvalue weighted by Gasteiger charge is 2.45. The number of alkyl halides is 9. The maximum Gasteiger partial charge on any atom is 0.529 e. The van der Waals surface area contributed by atoms with Gasteiger partial charge in [-0.25, -0.2) is 19.7 Å². The van der Waals surface area contributed by atoms with E-state index in [-0.39, 0.29) is 39.8 Å². The molecule has 0 radical (unpaired) electrons. The Morgan fingerprint density at radius 1 is 0.423 bits per heavy atom. The second-order valence-electron chi connectivity index (χ2n) is 20.3. The minimum atomic E-state index is -5.64. The molecule has 8 aromatic heterocycles. The van der Waals surface area contributed by atoms with Crippen LogP contribution in [0.25, 0.3) is 44.1 Å². The summed E-state index contributed by atoms with van der Waals surface area (Å²) in [6.07, 6.45) is -16.2. The number of H-pyrrole nitrogens is 1. The van der Waals surface area contributed by atoms with Crippen LogP contribution in [0.5, 0.6) is 0 Å². The number of fused-ring (bicyclic) bond motifs is 4. The average molecular weight is 1360 g/mol. The molecule has 512 valence electrons. The van der Waals surface area contributed by atoms with E-state index in [9.17, 15) is 68.3 Å². The fraction of sp³-hybridized carbons (Fsp3) is 0.242. The SMILES string of the molecule is CCn1c(=O)ccc2c(C)[nH]c(=O)nc21.CCn1c(=O)ccc2c(C)nc(N)nc21.CCn1c(=O)ccc2c(C)nc(Nc3ccc(N)cc3)nc21.CCn1c(=O)ccc2c(C)nc(Nc3ccc(NC(=O)C(F)(F)F)cc3)nc21.FC(F)(F)OC(F)(F)F.Nc1ccc(N)cc1. The zero-order valence-corrected chi connectivity index (χ0v) is 52.9. The number of nitrogens with zero attached hydrogens (tertiary/aromatic N) is 11. The van der Waals surface area contributed by atoms with Crippen LogP contribution in [-0.2, 0) is 35.7 Å². The summed E-state index contributed by atoms with van der Waals surface area (Å²) in [6, 6.07) is 32.9. The fourth-order valence-electron chi connectivity index (χ4n) is 8.93. The summed E-state index contributed by atoms with van der Waals surface area (Å²) < 4.78 is 108. The number of pyridine rings is 4. The largest absolute Gasteiger partial charge is 0.529 e. The number of anilines is 9. The lowest BCUT2D eigenvalue weighted by Crippen LogP contribution is -2.29. The van der Waals surface area contributed by atoms with Gasteiger partial charge in [0.15, 0.2) is 0 Å². The van der Waals surface area contributed by atoms with E-state index in [1.807, 2.05) is 53.7 Å². The first kappa shape index (κ1) is 74.3. The van der Waals surface area contributed by atoms with Crippen molar-refractivity contribution in [3.8, 4) is 0 Å². The van der Waals surface area contributed by atoms with Crippen LogP contribution in [-0.4, -0.2) is 82.9 Å². The van der Waals surface area contributed by atoms with Gasteiger partial charge < -0.3 is 43.9 Å². The molecule has 35 heteroatoms. The van der Waals surface area contributed by atoms with Gasteiger partial charge in [-0.3, -0.25) is 42.2 Å². The molecule has 0 atom stereocenters. The number of aromatic nitrogens is 12. The fourth-order valence-corrected chi connectivity index (χ4v) is 8.93. The lowest BCUT2D eigenvalue weighted by Gasteiger charge is -2.12. The molecule has 3 aromatic carbocycles. The van der Waals surface area contributed by atoms with Crippen LogP contribution in [0.2, 0.25) is 0 Å². The van der Waals surface area contributed by atoms with Crippen molar-refractivity contribution in [1.82, 2.24) is 58.1 Å². The van der Waals surface area contributed by atoms with Crippen molar-refractivity contribution < 1.29 is 49.0 Å². The van der Waals surface area contributed by atoms with Gasteiger partial charge in [0.25, 0.3) is 22.2 Å². The Hall–Kier alpha value is -11.8. The lowest BCUT2D eigenvalue weighted by atomic mass is 10.2. The van der Waals surface area contributed by atoms with Crippen molar-refractivity contribution in [2.24, 2.45) is 0 Å². The average Bonchev–Trinajstić information content (AvgIpc) is 0.807. The van der Waals surface area contributed by atoms with E-state index in [2.05, 4.69) is 50.5 Å². The molecule has 11 rings (SSSR count). The van der Waals surface area contributed by atoms with Crippen LogP contribution in [0.3, 0.4) is 0 Å². The van der Waals surface area contributed by atoms with E-state index in [1.54, 1.807) is 99.8 Å². The van der Waals surface area contributed by atoms with E-state index in [0.29, 0.717) is 71.8 Å². The Bertz CT molecular complexity index is 4870. The molecule has 97 heavy (non-hydrogen) atoms. The molecule has 1 amide bonds. The summed E-state index contributed by atoms with van der Waals surface area (Å²) in [5.74, 6) is -1.14. The first-order chi connectivity index (χ1) is 45.5. The first-order valence-electron chi connectivity index (χ1n) is 28.9. The number of aromatic amines is 1. The molecule has 0 unspecified atom stereocenters. The molecule has 0 spiro atoms. The molecule has 0 saturated heterocycles. The lowest BCUT2D eigenvalue weighted by molar-refractivity contribution is -0.463. The Labute approximate surface area is 542 Å². The minimum absolute atomic E-state index is 0.00306. The maximum absolute atomic E-state index is 12.3. The predicted octanol–water partition coefficient (Wildman–Crippen LogP) is 9.82. The molecule has 0 saturated carbocycles. The van der Waals surface area contributed by atoms with Crippen LogP contribution in [0.15, 0.2) is 145 Å². The van der Waals surface area contributed by atoms with Crippen molar-refractivity contribution in [1.29, 1.82) is 0 Å². The highest BCUT2D eigenvalue weighted by molar-refractivity contribution is 5.95. The monoisotopic (exact) mass is 1360 g/mol. The molecule has 0 fully saturated rings. The summed E-state index contributed by atoms with van der Waals surface area (Å²) in [7, 11) is 0. The summed E-state index contributed by atoms with van der Waals surface area (Å²) in [6.45, 7) is 16.9. The summed E-state index contributed by atoms with van der Waals surface area (Å²) in [5, 5.41) is 11.1.